The summed E-state index contributed by atoms with van der Waals surface area (Å²) in [6, 6.07) is 4.12. The summed E-state index contributed by atoms with van der Waals surface area (Å²) in [5, 5.41) is 8.09. The Morgan fingerprint density at radius 3 is 2.83 bits per heavy atom. The Labute approximate surface area is 106 Å². The zero-order valence-electron chi connectivity index (χ0n) is 10.8. The van der Waals surface area contributed by atoms with Gasteiger partial charge in [0.1, 0.15) is 5.69 Å². The molecular formula is C13H18N4O. The summed E-state index contributed by atoms with van der Waals surface area (Å²) in [7, 11) is 1.64. The Morgan fingerprint density at radius 2 is 2.11 bits per heavy atom. The molecule has 5 heteroatoms. The highest BCUT2D eigenvalue weighted by Gasteiger charge is 2.18. The molecule has 5 nitrogen and oxygen atoms in total. The van der Waals surface area contributed by atoms with Crippen molar-refractivity contribution in [2.24, 2.45) is 0 Å². The Balaban J connectivity index is 2.01. The van der Waals surface area contributed by atoms with E-state index in [1.165, 1.54) is 0 Å². The fourth-order valence-electron chi connectivity index (χ4n) is 2.57. The summed E-state index contributed by atoms with van der Waals surface area (Å²) >= 11 is 0. The lowest BCUT2D eigenvalue weighted by Crippen LogP contribution is -2.27. The number of methoxy groups -OCH3 is 1. The van der Waals surface area contributed by atoms with Crippen LogP contribution in [0.2, 0.25) is 0 Å². The highest BCUT2D eigenvalue weighted by molar-refractivity contribution is 5.44. The smallest absolute Gasteiger partial charge is 0.237 e. The number of nitrogens with one attached hydrogen (secondary N) is 1. The molecular weight excluding hydrogens is 228 g/mol. The Hall–Kier alpha value is -1.62. The summed E-state index contributed by atoms with van der Waals surface area (Å²) in [6.07, 6.45) is 2.31. The molecule has 0 atom stereocenters. The molecule has 3 rings (SSSR count). The van der Waals surface area contributed by atoms with E-state index in [4.69, 9.17) is 9.84 Å². The van der Waals surface area contributed by atoms with Crippen molar-refractivity contribution in [3.8, 4) is 5.88 Å². The fraction of sp³-hybridized carbons (Fsp3) is 0.538. The molecule has 18 heavy (non-hydrogen) atoms. The minimum Gasteiger partial charge on any atom is -0.480 e. The van der Waals surface area contributed by atoms with Crippen LogP contribution < -0.4 is 10.1 Å². The molecule has 2 aromatic heterocycles. The summed E-state index contributed by atoms with van der Waals surface area (Å²) in [4.78, 5) is 4.38. The van der Waals surface area contributed by atoms with Gasteiger partial charge in [0.2, 0.25) is 5.88 Å². The standard InChI is InChI=1S/C13H18N4O/c1-9-13(18-2)15-12-4-3-11(16-17(9)12)10-5-7-14-8-6-10/h3-4,10,14H,5-8H2,1-2H3. The molecule has 0 bridgehead atoms. The monoisotopic (exact) mass is 246 g/mol. The van der Waals surface area contributed by atoms with Crippen LogP contribution in [0.3, 0.4) is 0 Å². The normalized spacial score (nSPS) is 17.2. The molecule has 0 unspecified atom stereocenters. The number of aryl methyl sites for hydroxylation is 1. The zero-order valence-corrected chi connectivity index (χ0v) is 10.8. The molecule has 0 aliphatic carbocycles. The van der Waals surface area contributed by atoms with Crippen molar-refractivity contribution in [3.63, 3.8) is 0 Å². The first-order valence-electron chi connectivity index (χ1n) is 6.40. The molecule has 1 aliphatic heterocycles. The van der Waals surface area contributed by atoms with Crippen molar-refractivity contribution in [1.82, 2.24) is 19.9 Å². The van der Waals surface area contributed by atoms with Gasteiger partial charge in [-0.2, -0.15) is 10.1 Å². The van der Waals surface area contributed by atoms with Crippen LogP contribution in [0, 0.1) is 6.92 Å². The van der Waals surface area contributed by atoms with E-state index in [2.05, 4.69) is 16.4 Å². The van der Waals surface area contributed by atoms with Crippen LogP contribution in [-0.2, 0) is 0 Å². The van der Waals surface area contributed by atoms with Gasteiger partial charge in [-0.25, -0.2) is 4.52 Å². The summed E-state index contributed by atoms with van der Waals surface area (Å²) < 4.78 is 7.12. The first-order chi connectivity index (χ1) is 8.79. The Kier molecular flexibility index (Phi) is 2.91. The van der Waals surface area contributed by atoms with Crippen molar-refractivity contribution in [2.75, 3.05) is 20.2 Å². The molecule has 3 heterocycles. The molecule has 0 amide bonds. The number of fused-ring (bicyclic) bond motifs is 1. The van der Waals surface area contributed by atoms with E-state index in [1.807, 2.05) is 17.5 Å². The Morgan fingerprint density at radius 1 is 1.33 bits per heavy atom. The first kappa shape index (κ1) is 11.5. The molecule has 1 fully saturated rings. The predicted molar refractivity (Wildman–Crippen MR) is 69.1 cm³/mol. The second kappa shape index (κ2) is 4.57. The van der Waals surface area contributed by atoms with Gasteiger partial charge in [-0.1, -0.05) is 0 Å². The summed E-state index contributed by atoms with van der Waals surface area (Å²) in [6.45, 7) is 4.14. The molecule has 0 radical (unpaired) electrons. The molecule has 0 saturated carbocycles. The topological polar surface area (TPSA) is 51.5 Å². The van der Waals surface area contributed by atoms with E-state index >= 15 is 0 Å². The largest absolute Gasteiger partial charge is 0.480 e. The maximum absolute atomic E-state index is 5.23. The van der Waals surface area contributed by atoms with Gasteiger partial charge in [-0.3, -0.25) is 0 Å². The molecule has 96 valence electrons. The van der Waals surface area contributed by atoms with Crippen molar-refractivity contribution < 1.29 is 4.74 Å². The van der Waals surface area contributed by atoms with Gasteiger partial charge < -0.3 is 10.1 Å². The molecule has 2 aromatic rings. The van der Waals surface area contributed by atoms with Gasteiger partial charge in [-0.05, 0) is 45.0 Å². The minimum absolute atomic E-state index is 0.559. The highest BCUT2D eigenvalue weighted by atomic mass is 16.5. The SMILES string of the molecule is COc1nc2ccc(C3CCNCC3)nn2c1C. The average Bonchev–Trinajstić information content (AvgIpc) is 2.76. The fourth-order valence-corrected chi connectivity index (χ4v) is 2.57. The van der Waals surface area contributed by atoms with Crippen LogP contribution in [0.4, 0.5) is 0 Å². The van der Waals surface area contributed by atoms with Gasteiger partial charge in [0.25, 0.3) is 0 Å². The molecule has 0 aromatic carbocycles. The van der Waals surface area contributed by atoms with Gasteiger partial charge in [0.05, 0.1) is 12.8 Å². The van der Waals surface area contributed by atoms with Gasteiger partial charge in [0, 0.05) is 5.92 Å². The van der Waals surface area contributed by atoms with Gasteiger partial charge >= 0.3 is 0 Å². The van der Waals surface area contributed by atoms with Crippen molar-refractivity contribution in [2.45, 2.75) is 25.7 Å². The molecule has 1 N–H and O–H groups in total. The third-order valence-electron chi connectivity index (χ3n) is 3.63. The summed E-state index contributed by atoms with van der Waals surface area (Å²) in [5.74, 6) is 1.22. The second-order valence-corrected chi connectivity index (χ2v) is 4.76. The average molecular weight is 246 g/mol. The van der Waals surface area contributed by atoms with Crippen LogP contribution >= 0.6 is 0 Å². The summed E-state index contributed by atoms with van der Waals surface area (Å²) in [5.41, 5.74) is 2.97. The van der Waals surface area contributed by atoms with Crippen LogP contribution in [-0.4, -0.2) is 34.8 Å². The van der Waals surface area contributed by atoms with E-state index in [1.54, 1.807) is 7.11 Å². The predicted octanol–water partition coefficient (Wildman–Crippen LogP) is 1.51. The lowest BCUT2D eigenvalue weighted by molar-refractivity contribution is 0.396. The quantitative estimate of drug-likeness (QED) is 0.872. The maximum atomic E-state index is 5.23. The van der Waals surface area contributed by atoms with Crippen molar-refractivity contribution in [1.29, 1.82) is 0 Å². The van der Waals surface area contributed by atoms with Crippen LogP contribution in [0.25, 0.3) is 5.65 Å². The van der Waals surface area contributed by atoms with Crippen LogP contribution in [0.15, 0.2) is 12.1 Å². The number of rotatable bonds is 2. The van der Waals surface area contributed by atoms with Gasteiger partial charge in [-0.15, -0.1) is 0 Å². The van der Waals surface area contributed by atoms with E-state index in [0.29, 0.717) is 11.8 Å². The van der Waals surface area contributed by atoms with E-state index in [0.717, 1.165) is 43.0 Å². The van der Waals surface area contributed by atoms with Crippen LogP contribution in [0.1, 0.15) is 30.1 Å². The van der Waals surface area contributed by atoms with Crippen molar-refractivity contribution in [3.05, 3.63) is 23.5 Å². The van der Waals surface area contributed by atoms with E-state index in [-0.39, 0.29) is 0 Å². The molecule has 1 saturated heterocycles. The van der Waals surface area contributed by atoms with E-state index in [9.17, 15) is 0 Å². The number of hydrogen-bond donors (Lipinski definition) is 1. The Bertz CT molecular complexity index is 557. The zero-order chi connectivity index (χ0) is 12.5. The molecule has 0 spiro atoms. The van der Waals surface area contributed by atoms with Crippen LogP contribution in [0.5, 0.6) is 5.88 Å². The number of ether oxygens (including phenoxy) is 1. The minimum atomic E-state index is 0.559. The number of nitrogens with zero attached hydrogens (tertiary/aromatic N) is 3. The number of piperidine rings is 1. The third-order valence-corrected chi connectivity index (χ3v) is 3.63. The number of aromatic nitrogens is 3. The lowest BCUT2D eigenvalue weighted by atomic mass is 9.94. The third kappa shape index (κ3) is 1.84. The van der Waals surface area contributed by atoms with Crippen molar-refractivity contribution >= 4 is 5.65 Å². The molecule has 1 aliphatic rings. The lowest BCUT2D eigenvalue weighted by Gasteiger charge is -2.21. The highest BCUT2D eigenvalue weighted by Crippen LogP contribution is 2.25. The number of imidazole rings is 1. The maximum Gasteiger partial charge on any atom is 0.237 e. The second-order valence-electron chi connectivity index (χ2n) is 4.76. The van der Waals surface area contributed by atoms with E-state index < -0.39 is 0 Å². The van der Waals surface area contributed by atoms with Gasteiger partial charge in [0.15, 0.2) is 5.65 Å². The first-order valence-corrected chi connectivity index (χ1v) is 6.40. The number of hydrogen-bond acceptors (Lipinski definition) is 4.